The molecule has 0 bridgehead atoms. The highest BCUT2D eigenvalue weighted by atomic mass is 35.5. The predicted octanol–water partition coefficient (Wildman–Crippen LogP) is 3.74. The maximum Gasteiger partial charge on any atom is 0.222 e. The molecular formula is C17H24Cl2N2O2. The summed E-state index contributed by atoms with van der Waals surface area (Å²) in [4.78, 5) is 14.2. The quantitative estimate of drug-likeness (QED) is 0.815. The van der Waals surface area contributed by atoms with Crippen molar-refractivity contribution in [3.63, 3.8) is 0 Å². The average molecular weight is 359 g/mol. The summed E-state index contributed by atoms with van der Waals surface area (Å²) in [6.07, 6.45) is 1.96. The number of nitrogens with zero attached hydrogens (tertiary/aromatic N) is 1. The molecule has 23 heavy (non-hydrogen) atoms. The van der Waals surface area contributed by atoms with Gasteiger partial charge in [-0.2, -0.15) is 0 Å². The van der Waals surface area contributed by atoms with E-state index in [1.54, 1.807) is 18.2 Å². The predicted molar refractivity (Wildman–Crippen MR) is 94.1 cm³/mol. The van der Waals surface area contributed by atoms with Crippen LogP contribution in [0.25, 0.3) is 0 Å². The molecular weight excluding hydrogens is 335 g/mol. The summed E-state index contributed by atoms with van der Waals surface area (Å²) in [6, 6.07) is 5.42. The van der Waals surface area contributed by atoms with E-state index in [-0.39, 0.29) is 17.4 Å². The van der Waals surface area contributed by atoms with E-state index in [4.69, 9.17) is 33.7 Å². The number of amides is 1. The van der Waals surface area contributed by atoms with Crippen molar-refractivity contribution in [2.75, 3.05) is 19.7 Å². The van der Waals surface area contributed by atoms with Gasteiger partial charge in [-0.15, -0.1) is 0 Å². The molecule has 2 N–H and O–H groups in total. The molecule has 1 aromatic carbocycles. The first-order valence-electron chi connectivity index (χ1n) is 7.91. The summed E-state index contributed by atoms with van der Waals surface area (Å²) >= 11 is 12.0. The zero-order valence-corrected chi connectivity index (χ0v) is 15.2. The van der Waals surface area contributed by atoms with Gasteiger partial charge in [0.1, 0.15) is 10.8 Å². The number of likely N-dealkylation sites (tertiary alicyclic amines) is 1. The van der Waals surface area contributed by atoms with E-state index in [1.165, 1.54) is 0 Å². The summed E-state index contributed by atoms with van der Waals surface area (Å²) in [6.45, 7) is 6.11. The molecule has 0 spiro atoms. The fraction of sp³-hybridized carbons (Fsp3) is 0.588. The van der Waals surface area contributed by atoms with Crippen molar-refractivity contribution in [3.8, 4) is 5.75 Å². The van der Waals surface area contributed by atoms with Crippen molar-refractivity contribution >= 4 is 29.1 Å². The number of hydrogen-bond acceptors (Lipinski definition) is 3. The lowest BCUT2D eigenvalue weighted by atomic mass is 9.79. The molecule has 1 saturated heterocycles. The Morgan fingerprint density at radius 2 is 2.17 bits per heavy atom. The van der Waals surface area contributed by atoms with Crippen molar-refractivity contribution in [1.82, 2.24) is 4.90 Å². The second kappa shape index (κ2) is 7.73. The molecule has 1 fully saturated rings. The molecule has 1 amide bonds. The van der Waals surface area contributed by atoms with Crippen molar-refractivity contribution in [2.45, 2.75) is 39.2 Å². The van der Waals surface area contributed by atoms with Gasteiger partial charge in [-0.3, -0.25) is 4.79 Å². The lowest BCUT2D eigenvalue weighted by molar-refractivity contribution is -0.134. The molecule has 1 aliphatic heterocycles. The van der Waals surface area contributed by atoms with E-state index in [2.05, 4.69) is 13.8 Å². The minimum atomic E-state index is -0.0290. The summed E-state index contributed by atoms with van der Waals surface area (Å²) < 4.78 is 5.61. The zero-order chi connectivity index (χ0) is 17.0. The maximum atomic E-state index is 12.3. The third kappa shape index (κ3) is 4.75. The normalized spacial score (nSPS) is 20.4. The Balaban J connectivity index is 1.76. The van der Waals surface area contributed by atoms with Gasteiger partial charge >= 0.3 is 0 Å². The van der Waals surface area contributed by atoms with Crippen molar-refractivity contribution < 1.29 is 9.53 Å². The van der Waals surface area contributed by atoms with Crippen LogP contribution in [0.3, 0.4) is 0 Å². The van der Waals surface area contributed by atoms with Crippen LogP contribution in [0.5, 0.6) is 5.75 Å². The Labute approximate surface area is 147 Å². The number of piperidine rings is 1. The summed E-state index contributed by atoms with van der Waals surface area (Å²) in [5.74, 6) is 0.711. The van der Waals surface area contributed by atoms with Gasteiger partial charge in [0, 0.05) is 25.6 Å². The molecule has 1 aromatic rings. The largest absolute Gasteiger partial charge is 0.492 e. The zero-order valence-electron chi connectivity index (χ0n) is 13.6. The fourth-order valence-electron chi connectivity index (χ4n) is 2.75. The van der Waals surface area contributed by atoms with Crippen LogP contribution in [0.15, 0.2) is 18.2 Å². The van der Waals surface area contributed by atoms with Crippen molar-refractivity contribution in [3.05, 3.63) is 28.2 Å². The average Bonchev–Trinajstić information content (AvgIpc) is 2.50. The number of halogens is 2. The smallest absolute Gasteiger partial charge is 0.222 e. The molecule has 0 saturated carbocycles. The third-order valence-electron chi connectivity index (χ3n) is 4.37. The molecule has 128 valence electrons. The van der Waals surface area contributed by atoms with Gasteiger partial charge in [0.2, 0.25) is 5.91 Å². The summed E-state index contributed by atoms with van der Waals surface area (Å²) in [7, 11) is 0. The number of benzene rings is 1. The van der Waals surface area contributed by atoms with Gasteiger partial charge in [0.05, 0.1) is 11.6 Å². The van der Waals surface area contributed by atoms with Gasteiger partial charge in [-0.1, -0.05) is 43.1 Å². The lowest BCUT2D eigenvalue weighted by Gasteiger charge is -2.42. The highest BCUT2D eigenvalue weighted by Gasteiger charge is 2.34. The van der Waals surface area contributed by atoms with E-state index in [0.29, 0.717) is 41.8 Å². The molecule has 0 aliphatic carbocycles. The van der Waals surface area contributed by atoms with Crippen LogP contribution in [-0.2, 0) is 4.79 Å². The van der Waals surface area contributed by atoms with Crippen LogP contribution < -0.4 is 10.5 Å². The Hall–Kier alpha value is -0.970. The minimum absolute atomic E-state index is 0.0290. The number of ether oxygens (including phenoxy) is 1. The number of nitrogens with two attached hydrogens (primary N) is 1. The minimum Gasteiger partial charge on any atom is -0.492 e. The molecule has 6 heteroatoms. The van der Waals surface area contributed by atoms with E-state index < -0.39 is 0 Å². The number of rotatable bonds is 5. The first-order valence-corrected chi connectivity index (χ1v) is 8.67. The number of carbonyl (C=O) groups is 1. The van der Waals surface area contributed by atoms with Crippen LogP contribution in [0.1, 0.15) is 33.1 Å². The molecule has 4 nitrogen and oxygen atoms in total. The highest BCUT2D eigenvalue weighted by molar-refractivity contribution is 6.42. The van der Waals surface area contributed by atoms with Gasteiger partial charge < -0.3 is 15.4 Å². The fourth-order valence-corrected chi connectivity index (χ4v) is 3.09. The molecule has 1 aliphatic rings. The van der Waals surface area contributed by atoms with E-state index in [9.17, 15) is 4.79 Å². The standard InChI is InChI=1S/C17H24Cl2N2O2/c1-17(2)11-21(9-8-14(17)20)15(22)7-4-10-23-13-6-3-5-12(18)16(13)19/h3,5-6,14H,4,7-11,20H2,1-2H3. The molecule has 0 aromatic heterocycles. The van der Waals surface area contributed by atoms with Crippen LogP contribution in [0.2, 0.25) is 10.0 Å². The van der Waals surface area contributed by atoms with Gasteiger partial charge in [0.25, 0.3) is 0 Å². The molecule has 1 unspecified atom stereocenters. The second-order valence-electron chi connectivity index (χ2n) is 6.70. The lowest BCUT2D eigenvalue weighted by Crippen LogP contribution is -2.54. The number of hydrogen-bond donors (Lipinski definition) is 1. The van der Waals surface area contributed by atoms with Crippen LogP contribution in [-0.4, -0.2) is 36.5 Å². The van der Waals surface area contributed by atoms with Gasteiger partial charge in [-0.05, 0) is 30.4 Å². The molecule has 0 radical (unpaired) electrons. The van der Waals surface area contributed by atoms with Gasteiger partial charge in [0.15, 0.2) is 0 Å². The van der Waals surface area contributed by atoms with Crippen LogP contribution >= 0.6 is 23.2 Å². The Bertz CT molecular complexity index is 564. The van der Waals surface area contributed by atoms with E-state index >= 15 is 0 Å². The van der Waals surface area contributed by atoms with Crippen molar-refractivity contribution in [2.24, 2.45) is 11.1 Å². The summed E-state index contributed by atoms with van der Waals surface area (Å²) in [5.41, 5.74) is 6.08. The monoisotopic (exact) mass is 358 g/mol. The first kappa shape index (κ1) is 18.4. The topological polar surface area (TPSA) is 55.6 Å². The van der Waals surface area contributed by atoms with Crippen LogP contribution in [0, 0.1) is 5.41 Å². The molecule has 1 atom stereocenters. The van der Waals surface area contributed by atoms with Crippen LogP contribution in [0.4, 0.5) is 0 Å². The van der Waals surface area contributed by atoms with Gasteiger partial charge in [-0.25, -0.2) is 0 Å². The second-order valence-corrected chi connectivity index (χ2v) is 7.49. The third-order valence-corrected chi connectivity index (χ3v) is 5.18. The van der Waals surface area contributed by atoms with Crippen molar-refractivity contribution in [1.29, 1.82) is 0 Å². The Kier molecular flexibility index (Phi) is 6.18. The SMILES string of the molecule is CC1(C)CN(C(=O)CCCOc2cccc(Cl)c2Cl)CCC1N. The van der Waals surface area contributed by atoms with E-state index in [1.807, 2.05) is 4.90 Å². The Morgan fingerprint density at radius 1 is 1.43 bits per heavy atom. The van der Waals surface area contributed by atoms with E-state index in [0.717, 1.165) is 13.0 Å². The maximum absolute atomic E-state index is 12.3. The molecule has 1 heterocycles. The highest BCUT2D eigenvalue weighted by Crippen LogP contribution is 2.31. The first-order chi connectivity index (χ1) is 10.8. The summed E-state index contributed by atoms with van der Waals surface area (Å²) in [5, 5.41) is 0.874. The number of carbonyl (C=O) groups excluding carboxylic acids is 1. The Morgan fingerprint density at radius 3 is 2.87 bits per heavy atom. The molecule has 2 rings (SSSR count).